The molecule has 1 aromatic rings. The van der Waals surface area contributed by atoms with E-state index in [0.717, 1.165) is 32.2 Å². The van der Waals surface area contributed by atoms with Gasteiger partial charge >= 0.3 is 5.97 Å². The summed E-state index contributed by atoms with van der Waals surface area (Å²) < 4.78 is 2.07. The summed E-state index contributed by atoms with van der Waals surface area (Å²) in [5.74, 6) is -1.12. The van der Waals surface area contributed by atoms with Crippen LogP contribution in [-0.4, -0.2) is 23.0 Å². The maximum atomic E-state index is 11.8. The van der Waals surface area contributed by atoms with E-state index >= 15 is 0 Å². The zero-order valence-corrected chi connectivity index (χ0v) is 14.6. The van der Waals surface area contributed by atoms with Gasteiger partial charge in [-0.05, 0) is 12.8 Å². The Hall–Kier alpha value is -1.43. The first-order valence-electron chi connectivity index (χ1n) is 7.59. The number of nitrogens with zero attached hydrogens (tertiary/aromatic N) is 1. The molecule has 0 spiro atoms. The Morgan fingerprint density at radius 2 is 1.82 bits per heavy atom. The van der Waals surface area contributed by atoms with E-state index in [1.165, 1.54) is 0 Å². The van der Waals surface area contributed by atoms with Crippen LogP contribution in [0.3, 0.4) is 0 Å². The summed E-state index contributed by atoms with van der Waals surface area (Å²) in [5, 5.41) is 11.7. The van der Waals surface area contributed by atoms with E-state index in [4.69, 9.17) is 5.11 Å². The number of carboxylic acid groups (broad SMARTS) is 1. The number of halogens is 1. The van der Waals surface area contributed by atoms with Gasteiger partial charge in [-0.1, -0.05) is 25.8 Å². The van der Waals surface area contributed by atoms with Crippen molar-refractivity contribution in [2.45, 2.75) is 58.0 Å². The molecule has 1 atom stereocenters. The monoisotopic (exact) mass is 372 g/mol. The van der Waals surface area contributed by atoms with Crippen molar-refractivity contribution in [2.75, 3.05) is 0 Å². The lowest BCUT2D eigenvalue weighted by Gasteiger charge is -2.13. The van der Waals surface area contributed by atoms with Gasteiger partial charge in [0, 0.05) is 25.0 Å². The minimum absolute atomic E-state index is 0. The molecule has 0 aliphatic heterocycles. The Labute approximate surface area is 142 Å². The highest BCUT2D eigenvalue weighted by molar-refractivity contribution is 5.83. The first-order valence-corrected chi connectivity index (χ1v) is 7.59. The number of carbonyl (C=O) groups is 2. The molecule has 1 rings (SSSR count). The summed E-state index contributed by atoms with van der Waals surface area (Å²) in [7, 11) is 0. The molecule has 5 nitrogen and oxygen atoms in total. The van der Waals surface area contributed by atoms with Crippen LogP contribution in [0.2, 0.25) is 0 Å². The van der Waals surface area contributed by atoms with Gasteiger partial charge in [-0.25, -0.2) is 9.36 Å². The number of aliphatic carboxylic acids is 1. The summed E-state index contributed by atoms with van der Waals surface area (Å²) in [6.45, 7) is 2.87. The zero-order valence-electron chi connectivity index (χ0n) is 13.0. The summed E-state index contributed by atoms with van der Waals surface area (Å²) in [4.78, 5) is 22.8. The average Bonchev–Trinajstić information content (AvgIpc) is 2.48. The molecule has 6 heteroatoms. The van der Waals surface area contributed by atoms with Crippen molar-refractivity contribution in [3.05, 3.63) is 30.6 Å². The number of aromatic nitrogens is 1. The summed E-state index contributed by atoms with van der Waals surface area (Å²) in [6.07, 6.45) is 8.25. The maximum Gasteiger partial charge on any atom is 0.326 e. The van der Waals surface area contributed by atoms with Gasteiger partial charge in [0.05, 0.1) is 0 Å². The number of nitrogens with one attached hydrogen (secondary N) is 1. The van der Waals surface area contributed by atoms with Crippen LogP contribution in [0.1, 0.15) is 45.4 Å². The molecular weight excluding hydrogens is 348 g/mol. The molecule has 1 aromatic heterocycles. The molecule has 1 heterocycles. The predicted molar refractivity (Wildman–Crippen MR) is 79.6 cm³/mol. The summed E-state index contributed by atoms with van der Waals surface area (Å²) >= 11 is 0. The molecule has 0 fully saturated rings. The molecule has 1 unspecified atom stereocenters. The molecule has 0 aromatic carbocycles. The molecule has 0 aliphatic rings. The molecular formula is C16H25BrN2O3. The quantitative estimate of drug-likeness (QED) is 0.405. The van der Waals surface area contributed by atoms with Crippen LogP contribution in [0, 0.1) is 0 Å². The summed E-state index contributed by atoms with van der Waals surface area (Å²) in [6, 6.07) is 5.16. The van der Waals surface area contributed by atoms with E-state index < -0.39 is 12.0 Å². The van der Waals surface area contributed by atoms with Crippen molar-refractivity contribution in [1.29, 1.82) is 0 Å². The van der Waals surface area contributed by atoms with Gasteiger partial charge in [0.25, 0.3) is 0 Å². The molecule has 124 valence electrons. The lowest BCUT2D eigenvalue weighted by atomic mass is 10.1. The van der Waals surface area contributed by atoms with Crippen molar-refractivity contribution in [3.63, 3.8) is 0 Å². The smallest absolute Gasteiger partial charge is 0.326 e. The van der Waals surface area contributed by atoms with Crippen LogP contribution in [0.4, 0.5) is 0 Å². The Balaban J connectivity index is 0.00000441. The number of amides is 1. The number of rotatable bonds is 10. The molecule has 0 aliphatic carbocycles. The largest absolute Gasteiger partial charge is 1.00 e. The zero-order chi connectivity index (χ0) is 15.5. The lowest BCUT2D eigenvalue weighted by molar-refractivity contribution is -0.697. The number of hydrogen-bond acceptors (Lipinski definition) is 2. The topological polar surface area (TPSA) is 70.3 Å². The van der Waals surface area contributed by atoms with E-state index in [0.29, 0.717) is 12.8 Å². The van der Waals surface area contributed by atoms with Gasteiger partial charge < -0.3 is 27.4 Å². The van der Waals surface area contributed by atoms with Crippen molar-refractivity contribution in [1.82, 2.24) is 5.32 Å². The fourth-order valence-electron chi connectivity index (χ4n) is 2.10. The van der Waals surface area contributed by atoms with Gasteiger partial charge in [-0.3, -0.25) is 4.79 Å². The highest BCUT2D eigenvalue weighted by Crippen LogP contribution is 2.03. The Morgan fingerprint density at radius 1 is 1.14 bits per heavy atom. The van der Waals surface area contributed by atoms with Gasteiger partial charge in [-0.2, -0.15) is 0 Å². The Kier molecular flexibility index (Phi) is 11.4. The molecule has 2 N–H and O–H groups in total. The standard InChI is InChI=1S/C16H24N2O3.BrH/c1-2-3-9-14(16(20)21)17-15(19)10-5-8-13-18-11-6-4-7-12-18;/h4,6-7,11-12,14H,2-3,5,8-10,13H2,1H3,(H-,17,19,20,21);1H. The maximum absolute atomic E-state index is 11.8. The van der Waals surface area contributed by atoms with Gasteiger partial charge in [0.1, 0.15) is 12.6 Å². The van der Waals surface area contributed by atoms with Crippen LogP contribution in [0.25, 0.3) is 0 Å². The van der Waals surface area contributed by atoms with Crippen molar-refractivity contribution < 1.29 is 36.2 Å². The van der Waals surface area contributed by atoms with E-state index in [-0.39, 0.29) is 22.9 Å². The molecule has 0 bridgehead atoms. The van der Waals surface area contributed by atoms with Gasteiger partial charge in [0.15, 0.2) is 12.4 Å². The van der Waals surface area contributed by atoms with Crippen molar-refractivity contribution in [2.24, 2.45) is 0 Å². The molecule has 1 amide bonds. The van der Waals surface area contributed by atoms with Crippen LogP contribution >= 0.6 is 0 Å². The minimum Gasteiger partial charge on any atom is -1.00 e. The normalized spacial score (nSPS) is 11.3. The highest BCUT2D eigenvalue weighted by Gasteiger charge is 2.18. The predicted octanol–water partition coefficient (Wildman–Crippen LogP) is -1.09. The van der Waals surface area contributed by atoms with E-state index in [1.807, 2.05) is 37.5 Å². The van der Waals surface area contributed by atoms with E-state index in [2.05, 4.69) is 9.88 Å². The van der Waals surface area contributed by atoms with Gasteiger partial charge in [0.2, 0.25) is 5.91 Å². The van der Waals surface area contributed by atoms with Crippen LogP contribution in [-0.2, 0) is 16.1 Å². The number of aryl methyl sites for hydroxylation is 1. The fraction of sp³-hybridized carbons (Fsp3) is 0.562. The highest BCUT2D eigenvalue weighted by atomic mass is 79.9. The number of carbonyl (C=O) groups excluding carboxylic acids is 1. The number of hydrogen-bond donors (Lipinski definition) is 2. The average molecular weight is 373 g/mol. The van der Waals surface area contributed by atoms with Crippen molar-refractivity contribution >= 4 is 11.9 Å². The van der Waals surface area contributed by atoms with Crippen LogP contribution in [0.15, 0.2) is 30.6 Å². The number of pyridine rings is 1. The van der Waals surface area contributed by atoms with Gasteiger partial charge in [-0.15, -0.1) is 0 Å². The first kappa shape index (κ1) is 20.6. The first-order chi connectivity index (χ1) is 10.1. The summed E-state index contributed by atoms with van der Waals surface area (Å²) in [5.41, 5.74) is 0. The second-order valence-corrected chi connectivity index (χ2v) is 5.17. The second kappa shape index (κ2) is 12.1. The lowest BCUT2D eigenvalue weighted by Crippen LogP contribution is -3.00. The molecule has 0 saturated carbocycles. The third-order valence-electron chi connectivity index (χ3n) is 3.33. The van der Waals surface area contributed by atoms with E-state index in [1.54, 1.807) is 0 Å². The molecule has 22 heavy (non-hydrogen) atoms. The number of unbranched alkanes of at least 4 members (excludes halogenated alkanes) is 2. The molecule has 0 saturated heterocycles. The third kappa shape index (κ3) is 8.77. The van der Waals surface area contributed by atoms with Crippen LogP contribution < -0.4 is 26.9 Å². The van der Waals surface area contributed by atoms with Crippen LogP contribution in [0.5, 0.6) is 0 Å². The Morgan fingerprint density at radius 3 is 2.41 bits per heavy atom. The minimum atomic E-state index is -0.948. The van der Waals surface area contributed by atoms with E-state index in [9.17, 15) is 9.59 Å². The SMILES string of the molecule is CCCCC(NC(=O)CCCC[n+]1ccccc1)C(=O)O.[Br-]. The fourth-order valence-corrected chi connectivity index (χ4v) is 2.10. The third-order valence-corrected chi connectivity index (χ3v) is 3.33. The molecule has 0 radical (unpaired) electrons. The van der Waals surface area contributed by atoms with Crippen molar-refractivity contribution in [3.8, 4) is 0 Å². The number of carboxylic acids is 1. The second-order valence-electron chi connectivity index (χ2n) is 5.17. The Bertz CT molecular complexity index is 440.